The van der Waals surface area contributed by atoms with Crippen LogP contribution < -0.4 is 14.9 Å². The maximum Gasteiger partial charge on any atom is 0.432 e. The normalized spacial score (nSPS) is 16.2. The number of nitrogens with one attached hydrogen (secondary N) is 2. The Bertz CT molecular complexity index is 898. The Morgan fingerprint density at radius 1 is 1.07 bits per heavy atom. The minimum absolute atomic E-state index is 0.0338. The van der Waals surface area contributed by atoms with Gasteiger partial charge >= 0.3 is 6.09 Å². The summed E-state index contributed by atoms with van der Waals surface area (Å²) in [5.74, 6) is 1.01. The second-order valence-electron chi connectivity index (χ2n) is 5.97. The molecule has 1 aliphatic rings. The van der Waals surface area contributed by atoms with Gasteiger partial charge in [0, 0.05) is 25.2 Å². The van der Waals surface area contributed by atoms with E-state index < -0.39 is 21.8 Å². The maximum atomic E-state index is 12.8. The van der Waals surface area contributed by atoms with Gasteiger partial charge in [0.25, 0.3) is 0 Å². The largest absolute Gasteiger partial charge is 0.457 e. The number of rotatable bonds is 6. The highest BCUT2D eigenvalue weighted by molar-refractivity contribution is 7.89. The molecule has 1 aliphatic heterocycles. The van der Waals surface area contributed by atoms with Crippen molar-refractivity contribution in [1.82, 2.24) is 15.2 Å². The van der Waals surface area contributed by atoms with Gasteiger partial charge in [-0.05, 0) is 36.4 Å². The summed E-state index contributed by atoms with van der Waals surface area (Å²) in [7, 11) is -4.02. The van der Waals surface area contributed by atoms with Crippen LogP contribution in [-0.2, 0) is 19.5 Å². The molecule has 1 aromatic heterocycles. The number of pyridine rings is 1. The van der Waals surface area contributed by atoms with Crippen molar-refractivity contribution in [3.05, 3.63) is 48.8 Å². The molecule has 3 N–H and O–H groups in total. The Hall–Kier alpha value is -2.73. The van der Waals surface area contributed by atoms with E-state index in [1.54, 1.807) is 24.5 Å². The van der Waals surface area contributed by atoms with Crippen LogP contribution in [0.3, 0.4) is 0 Å². The fraction of sp³-hybridized carbons (Fsp3) is 0.294. The van der Waals surface area contributed by atoms with Gasteiger partial charge in [-0.15, -0.1) is 0 Å². The third kappa shape index (κ3) is 4.95. The van der Waals surface area contributed by atoms with Crippen LogP contribution in [0.4, 0.5) is 4.79 Å². The van der Waals surface area contributed by atoms with Crippen molar-refractivity contribution in [1.29, 1.82) is 0 Å². The zero-order chi connectivity index (χ0) is 20.0. The summed E-state index contributed by atoms with van der Waals surface area (Å²) in [6, 6.07) is 9.10. The van der Waals surface area contributed by atoms with E-state index in [-0.39, 0.29) is 31.0 Å². The molecular formula is C17H19N3O7S. The molecule has 3 rings (SSSR count). The molecule has 1 amide bonds. The van der Waals surface area contributed by atoms with Gasteiger partial charge in [0.2, 0.25) is 10.0 Å². The Morgan fingerprint density at radius 2 is 1.68 bits per heavy atom. The molecule has 0 atom stereocenters. The highest BCUT2D eigenvalue weighted by Crippen LogP contribution is 2.27. The molecule has 1 fully saturated rings. The molecule has 0 spiro atoms. The predicted octanol–water partition coefficient (Wildman–Crippen LogP) is 1.77. The van der Waals surface area contributed by atoms with E-state index in [4.69, 9.17) is 19.4 Å². The SMILES string of the molecule is O=C(NO)OC1(NS(=O)(=O)c2ccc(Oc3ccncc3)cc2)CCOCC1. The molecule has 0 bridgehead atoms. The van der Waals surface area contributed by atoms with Crippen LogP contribution in [0, 0.1) is 0 Å². The van der Waals surface area contributed by atoms with Crippen LogP contribution >= 0.6 is 0 Å². The Balaban J connectivity index is 1.76. The number of amides is 1. The number of carbonyl (C=O) groups excluding carboxylic acids is 1. The van der Waals surface area contributed by atoms with Crippen molar-refractivity contribution in [2.24, 2.45) is 0 Å². The van der Waals surface area contributed by atoms with Crippen LogP contribution in [0.5, 0.6) is 11.5 Å². The molecular weight excluding hydrogens is 390 g/mol. The molecule has 1 aromatic carbocycles. The van der Waals surface area contributed by atoms with Crippen molar-refractivity contribution < 1.29 is 32.6 Å². The van der Waals surface area contributed by atoms with Gasteiger partial charge in [-0.1, -0.05) is 0 Å². The maximum absolute atomic E-state index is 12.8. The third-order valence-electron chi connectivity index (χ3n) is 4.02. The van der Waals surface area contributed by atoms with Gasteiger partial charge in [0.1, 0.15) is 11.5 Å². The van der Waals surface area contributed by atoms with E-state index in [9.17, 15) is 13.2 Å². The second kappa shape index (κ2) is 8.52. The van der Waals surface area contributed by atoms with Gasteiger partial charge < -0.3 is 14.2 Å². The summed E-state index contributed by atoms with van der Waals surface area (Å²) in [5.41, 5.74) is -0.182. The molecule has 2 heterocycles. The van der Waals surface area contributed by atoms with Crippen LogP contribution in [0.2, 0.25) is 0 Å². The Labute approximate surface area is 161 Å². The molecule has 2 aromatic rings. The monoisotopic (exact) mass is 409 g/mol. The number of benzene rings is 1. The zero-order valence-electron chi connectivity index (χ0n) is 14.7. The van der Waals surface area contributed by atoms with Crippen molar-refractivity contribution in [3.63, 3.8) is 0 Å². The average molecular weight is 409 g/mol. The van der Waals surface area contributed by atoms with Crippen LogP contribution in [0.15, 0.2) is 53.7 Å². The molecule has 0 radical (unpaired) electrons. The van der Waals surface area contributed by atoms with Gasteiger partial charge in [-0.25, -0.2) is 18.7 Å². The number of nitrogens with zero attached hydrogens (tertiary/aromatic N) is 1. The Morgan fingerprint density at radius 3 is 2.29 bits per heavy atom. The summed E-state index contributed by atoms with van der Waals surface area (Å²) in [6.45, 7) is 0.389. The van der Waals surface area contributed by atoms with Crippen molar-refractivity contribution >= 4 is 16.1 Å². The highest BCUT2D eigenvalue weighted by atomic mass is 32.2. The Kier molecular flexibility index (Phi) is 6.09. The number of hydrogen-bond acceptors (Lipinski definition) is 8. The summed E-state index contributed by atoms with van der Waals surface area (Å²) < 4.78 is 43.8. The van der Waals surface area contributed by atoms with Crippen LogP contribution in [-0.4, -0.2) is 43.6 Å². The first-order valence-electron chi connectivity index (χ1n) is 8.35. The van der Waals surface area contributed by atoms with E-state index in [1.807, 2.05) is 0 Å². The smallest absolute Gasteiger partial charge is 0.432 e. The second-order valence-corrected chi connectivity index (χ2v) is 7.65. The quantitative estimate of drug-likeness (QED) is 0.373. The standard InChI is InChI=1S/C17H19N3O7S/c21-16(19-22)27-17(7-11-25-12-8-17)20-28(23,24)15-3-1-13(2-4-15)26-14-5-9-18-10-6-14/h1-6,9-10,20,22H,7-8,11-12H2,(H,19,21). The number of hydrogen-bond donors (Lipinski definition) is 3. The van der Waals surface area contributed by atoms with Gasteiger partial charge in [-0.3, -0.25) is 10.2 Å². The molecule has 28 heavy (non-hydrogen) atoms. The third-order valence-corrected chi connectivity index (χ3v) is 5.55. The first-order chi connectivity index (χ1) is 13.4. The number of carbonyl (C=O) groups is 1. The van der Waals surface area contributed by atoms with E-state index in [1.165, 1.54) is 29.7 Å². The fourth-order valence-corrected chi connectivity index (χ4v) is 4.01. The summed E-state index contributed by atoms with van der Waals surface area (Å²) in [4.78, 5) is 15.3. The highest BCUT2D eigenvalue weighted by Gasteiger charge is 2.40. The minimum atomic E-state index is -4.02. The summed E-state index contributed by atoms with van der Waals surface area (Å²) in [6.07, 6.45) is 2.19. The molecule has 0 aliphatic carbocycles. The molecule has 0 saturated carbocycles. The fourth-order valence-electron chi connectivity index (χ4n) is 2.66. The number of sulfonamides is 1. The molecule has 1 saturated heterocycles. The lowest BCUT2D eigenvalue weighted by atomic mass is 10.1. The van der Waals surface area contributed by atoms with Crippen molar-refractivity contribution in [3.8, 4) is 11.5 Å². The van der Waals surface area contributed by atoms with Crippen molar-refractivity contribution in [2.75, 3.05) is 13.2 Å². The molecule has 11 heteroatoms. The molecule has 150 valence electrons. The topological polar surface area (TPSA) is 136 Å². The lowest BCUT2D eigenvalue weighted by Gasteiger charge is -2.36. The van der Waals surface area contributed by atoms with Gasteiger partial charge in [0.05, 0.1) is 18.1 Å². The first kappa shape index (κ1) is 20.0. The number of ether oxygens (including phenoxy) is 3. The number of hydroxylamine groups is 1. The lowest BCUT2D eigenvalue weighted by molar-refractivity contribution is -0.0848. The van der Waals surface area contributed by atoms with E-state index in [0.717, 1.165) is 0 Å². The first-order valence-corrected chi connectivity index (χ1v) is 9.84. The zero-order valence-corrected chi connectivity index (χ0v) is 15.5. The van der Waals surface area contributed by atoms with E-state index in [0.29, 0.717) is 11.5 Å². The number of aromatic nitrogens is 1. The van der Waals surface area contributed by atoms with Crippen LogP contribution in [0.1, 0.15) is 12.8 Å². The minimum Gasteiger partial charge on any atom is -0.457 e. The van der Waals surface area contributed by atoms with Crippen molar-refractivity contribution in [2.45, 2.75) is 23.5 Å². The molecule has 0 unspecified atom stereocenters. The average Bonchev–Trinajstić information content (AvgIpc) is 2.69. The lowest BCUT2D eigenvalue weighted by Crippen LogP contribution is -2.55. The van der Waals surface area contributed by atoms with Gasteiger partial charge in [0.15, 0.2) is 5.72 Å². The van der Waals surface area contributed by atoms with E-state index >= 15 is 0 Å². The van der Waals surface area contributed by atoms with Gasteiger partial charge in [-0.2, -0.15) is 4.72 Å². The van der Waals surface area contributed by atoms with Crippen LogP contribution in [0.25, 0.3) is 0 Å². The van der Waals surface area contributed by atoms with E-state index in [2.05, 4.69) is 9.71 Å². The summed E-state index contributed by atoms with van der Waals surface area (Å²) in [5, 5.41) is 8.70. The predicted molar refractivity (Wildman–Crippen MR) is 95.3 cm³/mol. The summed E-state index contributed by atoms with van der Waals surface area (Å²) >= 11 is 0. The molecule has 10 nitrogen and oxygen atoms in total.